The second kappa shape index (κ2) is 8.60. The summed E-state index contributed by atoms with van der Waals surface area (Å²) in [5.41, 5.74) is 2.11. The van der Waals surface area contributed by atoms with E-state index in [2.05, 4.69) is 28.4 Å². The highest BCUT2D eigenvalue weighted by Gasteiger charge is 2.34. The molecule has 3 nitrogen and oxygen atoms in total. The van der Waals surface area contributed by atoms with Crippen molar-refractivity contribution in [3.8, 4) is 6.07 Å². The van der Waals surface area contributed by atoms with E-state index in [-0.39, 0.29) is 24.8 Å². The molecule has 0 bridgehead atoms. The summed E-state index contributed by atoms with van der Waals surface area (Å²) in [6.45, 7) is 4.33. The van der Waals surface area contributed by atoms with Crippen LogP contribution in [-0.2, 0) is 0 Å². The second-order valence-electron chi connectivity index (χ2n) is 5.62. The molecule has 1 saturated heterocycles. The topological polar surface area (TPSA) is 39.1 Å². The van der Waals surface area contributed by atoms with Gasteiger partial charge in [0.1, 0.15) is 0 Å². The number of hydrogen-bond donors (Lipinski definition) is 1. The van der Waals surface area contributed by atoms with Gasteiger partial charge in [-0.05, 0) is 30.4 Å². The molecule has 1 aromatic carbocycles. The van der Waals surface area contributed by atoms with Crippen molar-refractivity contribution in [2.75, 3.05) is 26.2 Å². The lowest BCUT2D eigenvalue weighted by atomic mass is 9.75. The molecule has 0 unspecified atom stereocenters. The average Bonchev–Trinajstić information content (AvgIpc) is 2.43. The first-order valence-corrected chi connectivity index (χ1v) is 7.34. The van der Waals surface area contributed by atoms with Crippen molar-refractivity contribution in [1.82, 2.24) is 10.2 Å². The smallest absolute Gasteiger partial charge is 0.0995 e. The summed E-state index contributed by atoms with van der Waals surface area (Å²) >= 11 is 0. The van der Waals surface area contributed by atoms with Gasteiger partial charge in [0.2, 0.25) is 0 Å². The number of nitrogens with zero attached hydrogens (tertiary/aromatic N) is 2. The van der Waals surface area contributed by atoms with Crippen LogP contribution < -0.4 is 5.32 Å². The van der Waals surface area contributed by atoms with Gasteiger partial charge in [0.15, 0.2) is 0 Å². The van der Waals surface area contributed by atoms with Crippen LogP contribution in [0, 0.1) is 17.2 Å². The van der Waals surface area contributed by atoms with E-state index in [0.29, 0.717) is 6.04 Å². The van der Waals surface area contributed by atoms with Crippen LogP contribution in [0.1, 0.15) is 36.4 Å². The predicted molar refractivity (Wildman–Crippen MR) is 90.2 cm³/mol. The fraction of sp³-hybridized carbons (Fsp3) is 0.562. The molecule has 0 radical (unpaired) electrons. The van der Waals surface area contributed by atoms with Gasteiger partial charge in [0, 0.05) is 32.2 Å². The molecule has 0 aromatic heterocycles. The molecule has 0 spiro atoms. The Morgan fingerprint density at radius 3 is 2.38 bits per heavy atom. The number of rotatable bonds is 3. The van der Waals surface area contributed by atoms with Crippen molar-refractivity contribution in [2.45, 2.75) is 25.3 Å². The third kappa shape index (κ3) is 3.90. The maximum absolute atomic E-state index is 9.36. The first-order valence-electron chi connectivity index (χ1n) is 7.34. The molecule has 1 aromatic rings. The Kier molecular flexibility index (Phi) is 7.48. The van der Waals surface area contributed by atoms with E-state index in [9.17, 15) is 5.26 Å². The second-order valence-corrected chi connectivity index (χ2v) is 5.62. The zero-order valence-corrected chi connectivity index (χ0v) is 13.8. The number of nitriles is 1. The molecule has 1 saturated carbocycles. The van der Waals surface area contributed by atoms with Gasteiger partial charge >= 0.3 is 0 Å². The highest BCUT2D eigenvalue weighted by molar-refractivity contribution is 5.85. The molecule has 1 N–H and O–H groups in total. The molecule has 0 amide bonds. The minimum atomic E-state index is 0. The number of halogens is 2. The third-order valence-corrected chi connectivity index (χ3v) is 4.54. The standard InChI is InChI=1S/C16H21N3.2ClH/c17-12-14-4-1-2-7-15(14)16(13-5-3-6-13)19-10-8-18-9-11-19;;/h1-2,4,7,13,16,18H,3,5-6,8-11H2;2*1H/t16-;;/m1../s1. The molecule has 1 aliphatic carbocycles. The molecule has 2 aliphatic rings. The first-order chi connectivity index (χ1) is 9.40. The van der Waals surface area contributed by atoms with Gasteiger partial charge in [0.25, 0.3) is 0 Å². The highest BCUT2D eigenvalue weighted by atomic mass is 35.5. The molecule has 3 rings (SSSR count). The number of hydrogen-bond acceptors (Lipinski definition) is 3. The van der Waals surface area contributed by atoms with Crippen molar-refractivity contribution in [3.05, 3.63) is 35.4 Å². The Morgan fingerprint density at radius 2 is 1.81 bits per heavy atom. The van der Waals surface area contributed by atoms with Gasteiger partial charge in [-0.2, -0.15) is 5.26 Å². The van der Waals surface area contributed by atoms with Gasteiger partial charge in [0.05, 0.1) is 11.6 Å². The van der Waals surface area contributed by atoms with Crippen LogP contribution in [-0.4, -0.2) is 31.1 Å². The Balaban J connectivity index is 0.00000110. The van der Waals surface area contributed by atoms with Gasteiger partial charge in [-0.1, -0.05) is 24.6 Å². The SMILES string of the molecule is Cl.Cl.N#Cc1ccccc1[C@@H](C1CCC1)N1CCNCC1. The van der Waals surface area contributed by atoms with Crippen LogP contribution in [0.5, 0.6) is 0 Å². The maximum atomic E-state index is 9.36. The van der Waals surface area contributed by atoms with E-state index in [1.807, 2.05) is 12.1 Å². The fourth-order valence-corrected chi connectivity index (χ4v) is 3.32. The number of nitrogens with one attached hydrogen (secondary N) is 1. The summed E-state index contributed by atoms with van der Waals surface area (Å²) in [5.74, 6) is 0.743. The van der Waals surface area contributed by atoms with Crippen LogP contribution in [0.25, 0.3) is 0 Å². The molecule has 2 fully saturated rings. The van der Waals surface area contributed by atoms with Gasteiger partial charge in [-0.3, -0.25) is 4.90 Å². The Morgan fingerprint density at radius 1 is 1.14 bits per heavy atom. The molecular weight excluding hydrogens is 305 g/mol. The molecule has 116 valence electrons. The monoisotopic (exact) mass is 327 g/mol. The summed E-state index contributed by atoms with van der Waals surface area (Å²) < 4.78 is 0. The van der Waals surface area contributed by atoms with Crippen LogP contribution in [0.15, 0.2) is 24.3 Å². The Bertz CT molecular complexity index is 477. The van der Waals surface area contributed by atoms with E-state index in [4.69, 9.17) is 0 Å². The maximum Gasteiger partial charge on any atom is 0.0995 e. The minimum Gasteiger partial charge on any atom is -0.314 e. The van der Waals surface area contributed by atoms with Crippen molar-refractivity contribution in [2.24, 2.45) is 5.92 Å². The molecule has 1 atom stereocenters. The van der Waals surface area contributed by atoms with Crippen LogP contribution in [0.3, 0.4) is 0 Å². The Labute approximate surface area is 139 Å². The lowest BCUT2D eigenvalue weighted by Gasteiger charge is -2.43. The zero-order valence-electron chi connectivity index (χ0n) is 12.1. The number of benzene rings is 1. The molecule has 1 aliphatic heterocycles. The third-order valence-electron chi connectivity index (χ3n) is 4.54. The summed E-state index contributed by atoms with van der Waals surface area (Å²) in [6, 6.07) is 11.0. The quantitative estimate of drug-likeness (QED) is 0.926. The normalized spacial score (nSPS) is 20.3. The van der Waals surface area contributed by atoms with Crippen LogP contribution in [0.4, 0.5) is 0 Å². The van der Waals surface area contributed by atoms with E-state index in [1.165, 1.54) is 24.8 Å². The summed E-state index contributed by atoms with van der Waals surface area (Å²) in [4.78, 5) is 2.58. The summed E-state index contributed by atoms with van der Waals surface area (Å²) in [6.07, 6.45) is 3.98. The minimum absolute atomic E-state index is 0. The zero-order chi connectivity index (χ0) is 13.1. The van der Waals surface area contributed by atoms with Gasteiger partial charge < -0.3 is 5.32 Å². The average molecular weight is 328 g/mol. The largest absolute Gasteiger partial charge is 0.314 e. The van der Waals surface area contributed by atoms with E-state index in [0.717, 1.165) is 37.7 Å². The Hall–Kier alpha value is -0.790. The van der Waals surface area contributed by atoms with E-state index >= 15 is 0 Å². The highest BCUT2D eigenvalue weighted by Crippen LogP contribution is 2.42. The first kappa shape index (κ1) is 18.3. The molecule has 5 heteroatoms. The van der Waals surface area contributed by atoms with Crippen LogP contribution in [0.2, 0.25) is 0 Å². The van der Waals surface area contributed by atoms with Crippen molar-refractivity contribution >= 4 is 24.8 Å². The summed E-state index contributed by atoms with van der Waals surface area (Å²) in [5, 5.41) is 12.8. The van der Waals surface area contributed by atoms with Crippen LogP contribution >= 0.6 is 24.8 Å². The van der Waals surface area contributed by atoms with Gasteiger partial charge in [-0.25, -0.2) is 0 Å². The molecule has 21 heavy (non-hydrogen) atoms. The molecule has 1 heterocycles. The van der Waals surface area contributed by atoms with Crippen molar-refractivity contribution in [1.29, 1.82) is 5.26 Å². The summed E-state index contributed by atoms with van der Waals surface area (Å²) in [7, 11) is 0. The van der Waals surface area contributed by atoms with Crippen molar-refractivity contribution in [3.63, 3.8) is 0 Å². The lowest BCUT2D eigenvalue weighted by Crippen LogP contribution is -2.48. The number of piperazine rings is 1. The fourth-order valence-electron chi connectivity index (χ4n) is 3.32. The van der Waals surface area contributed by atoms with E-state index in [1.54, 1.807) is 0 Å². The lowest BCUT2D eigenvalue weighted by molar-refractivity contribution is 0.0835. The molecular formula is C16H23Cl2N3. The van der Waals surface area contributed by atoms with E-state index < -0.39 is 0 Å². The predicted octanol–water partition coefficient (Wildman–Crippen LogP) is 3.15. The van der Waals surface area contributed by atoms with Gasteiger partial charge in [-0.15, -0.1) is 24.8 Å². The van der Waals surface area contributed by atoms with Crippen molar-refractivity contribution < 1.29 is 0 Å².